The average molecular weight is 167 g/mol. The molecule has 0 aliphatic carbocycles. The van der Waals surface area contributed by atoms with Gasteiger partial charge in [0.15, 0.2) is 5.65 Å². The van der Waals surface area contributed by atoms with E-state index in [1.54, 1.807) is 0 Å². The Kier molecular flexibility index (Phi) is 1.09. The third-order valence-corrected chi connectivity index (χ3v) is 1.42. The summed E-state index contributed by atoms with van der Waals surface area (Å²) in [7, 11) is 0. The minimum atomic E-state index is -0.576. The zero-order chi connectivity index (χ0) is 8.72. The third kappa shape index (κ3) is 0.729. The summed E-state index contributed by atoms with van der Waals surface area (Å²) in [5, 5.41) is 3.81. The molecule has 62 valence electrons. The van der Waals surface area contributed by atoms with Crippen LogP contribution in [0.1, 0.15) is 0 Å². The Bertz CT molecular complexity index is 484. The molecule has 7 heteroatoms. The second kappa shape index (κ2) is 1.97. The van der Waals surface area contributed by atoms with Crippen LogP contribution in [0.15, 0.2) is 9.32 Å². The number of nitrogens with two attached hydrogens (primary N) is 2. The van der Waals surface area contributed by atoms with E-state index in [0.29, 0.717) is 5.39 Å². The molecule has 0 saturated heterocycles. The predicted octanol–water partition coefficient (Wildman–Crippen LogP) is -0.925. The number of nitrogens with one attached hydrogen (secondary N) is 1. The Morgan fingerprint density at radius 1 is 1.42 bits per heavy atom. The summed E-state index contributed by atoms with van der Waals surface area (Å²) in [5.41, 5.74) is 10.4. The standard InChI is InChI=1S/C5H5N5O2/c6-2-1-3(7)12-10-4(1)9-5(11)8-2/h7H2,(H3,6,8,9,10,11). The number of anilines is 2. The van der Waals surface area contributed by atoms with E-state index in [1.165, 1.54) is 0 Å². The minimum absolute atomic E-state index is 0.0208. The lowest BCUT2D eigenvalue weighted by Crippen LogP contribution is -2.12. The summed E-state index contributed by atoms with van der Waals surface area (Å²) in [6, 6.07) is 0. The van der Waals surface area contributed by atoms with Crippen LogP contribution in [0.4, 0.5) is 11.7 Å². The van der Waals surface area contributed by atoms with Crippen LogP contribution >= 0.6 is 0 Å². The number of aromatic amines is 1. The van der Waals surface area contributed by atoms with Gasteiger partial charge in [-0.1, -0.05) is 5.16 Å². The van der Waals surface area contributed by atoms with Gasteiger partial charge in [0.1, 0.15) is 11.2 Å². The Hall–Kier alpha value is -2.05. The number of hydrogen-bond donors (Lipinski definition) is 3. The van der Waals surface area contributed by atoms with Crippen molar-refractivity contribution in [3.05, 3.63) is 10.5 Å². The van der Waals surface area contributed by atoms with Gasteiger partial charge in [0, 0.05) is 0 Å². The van der Waals surface area contributed by atoms with Crippen molar-refractivity contribution in [2.75, 3.05) is 11.5 Å². The largest absolute Gasteiger partial charge is 0.383 e. The Balaban J connectivity index is 3.02. The molecule has 5 N–H and O–H groups in total. The molecular weight excluding hydrogens is 162 g/mol. The summed E-state index contributed by atoms with van der Waals surface area (Å²) in [4.78, 5) is 16.5. The van der Waals surface area contributed by atoms with Crippen molar-refractivity contribution in [2.45, 2.75) is 0 Å². The van der Waals surface area contributed by atoms with E-state index in [4.69, 9.17) is 11.5 Å². The third-order valence-electron chi connectivity index (χ3n) is 1.42. The van der Waals surface area contributed by atoms with E-state index in [1.807, 2.05) is 0 Å². The van der Waals surface area contributed by atoms with E-state index in [-0.39, 0.29) is 17.3 Å². The number of nitrogen functional groups attached to an aromatic ring is 2. The fourth-order valence-electron chi connectivity index (χ4n) is 0.930. The van der Waals surface area contributed by atoms with Gasteiger partial charge in [-0.25, -0.2) is 4.79 Å². The summed E-state index contributed by atoms with van der Waals surface area (Å²) < 4.78 is 4.59. The average Bonchev–Trinajstić information content (AvgIpc) is 2.31. The highest BCUT2D eigenvalue weighted by atomic mass is 16.5. The van der Waals surface area contributed by atoms with Crippen molar-refractivity contribution in [2.24, 2.45) is 0 Å². The minimum Gasteiger partial charge on any atom is -0.383 e. The van der Waals surface area contributed by atoms with E-state index in [0.717, 1.165) is 0 Å². The highest BCUT2D eigenvalue weighted by Gasteiger charge is 2.10. The van der Waals surface area contributed by atoms with Crippen molar-refractivity contribution in [3.63, 3.8) is 0 Å². The van der Waals surface area contributed by atoms with E-state index >= 15 is 0 Å². The highest BCUT2D eigenvalue weighted by molar-refractivity contribution is 5.92. The van der Waals surface area contributed by atoms with Gasteiger partial charge in [-0.05, 0) is 0 Å². The lowest BCUT2D eigenvalue weighted by molar-refractivity contribution is 0.443. The fraction of sp³-hybridized carbons (Fsp3) is 0. The molecule has 0 radical (unpaired) electrons. The van der Waals surface area contributed by atoms with Gasteiger partial charge in [0.05, 0.1) is 0 Å². The maximum atomic E-state index is 10.7. The quantitative estimate of drug-likeness (QED) is 0.465. The first-order chi connectivity index (χ1) is 5.68. The SMILES string of the molecule is Nc1nc(=O)[nH]c2noc(N)c12. The van der Waals surface area contributed by atoms with Crippen molar-refractivity contribution >= 4 is 22.7 Å². The number of H-pyrrole nitrogens is 1. The molecule has 0 atom stereocenters. The summed E-state index contributed by atoms with van der Waals surface area (Å²) >= 11 is 0. The topological polar surface area (TPSA) is 124 Å². The second-order valence-corrected chi connectivity index (χ2v) is 2.20. The zero-order valence-electron chi connectivity index (χ0n) is 5.87. The van der Waals surface area contributed by atoms with Gasteiger partial charge in [0.25, 0.3) is 0 Å². The summed E-state index contributed by atoms with van der Waals surface area (Å²) in [6.45, 7) is 0. The molecule has 12 heavy (non-hydrogen) atoms. The Labute approximate surface area is 65.4 Å². The lowest BCUT2D eigenvalue weighted by atomic mass is 10.4. The second-order valence-electron chi connectivity index (χ2n) is 2.20. The van der Waals surface area contributed by atoms with Gasteiger partial charge in [-0.3, -0.25) is 4.98 Å². The first-order valence-corrected chi connectivity index (χ1v) is 3.09. The Morgan fingerprint density at radius 2 is 2.17 bits per heavy atom. The van der Waals surface area contributed by atoms with Gasteiger partial charge in [-0.2, -0.15) is 4.98 Å². The van der Waals surface area contributed by atoms with Crippen LogP contribution in [0.2, 0.25) is 0 Å². The molecule has 0 aliphatic heterocycles. The van der Waals surface area contributed by atoms with Gasteiger partial charge >= 0.3 is 5.69 Å². The number of hydrogen-bond acceptors (Lipinski definition) is 6. The van der Waals surface area contributed by atoms with Crippen LogP contribution < -0.4 is 17.2 Å². The molecule has 2 heterocycles. The van der Waals surface area contributed by atoms with Crippen LogP contribution in [0, 0.1) is 0 Å². The van der Waals surface area contributed by atoms with Crippen LogP contribution in [0.25, 0.3) is 11.0 Å². The molecule has 0 unspecified atom stereocenters. The van der Waals surface area contributed by atoms with E-state index < -0.39 is 5.69 Å². The van der Waals surface area contributed by atoms with Crippen molar-refractivity contribution in [3.8, 4) is 0 Å². The molecule has 0 amide bonds. The molecule has 2 aromatic rings. The summed E-state index contributed by atoms with van der Waals surface area (Å²) in [5.74, 6) is 0.0683. The molecule has 0 fully saturated rings. The molecule has 7 nitrogen and oxygen atoms in total. The molecule has 0 spiro atoms. The maximum absolute atomic E-state index is 10.7. The first kappa shape index (κ1) is 6.65. The highest BCUT2D eigenvalue weighted by Crippen LogP contribution is 2.20. The zero-order valence-corrected chi connectivity index (χ0v) is 5.87. The first-order valence-electron chi connectivity index (χ1n) is 3.09. The molecule has 2 aromatic heterocycles. The predicted molar refractivity (Wildman–Crippen MR) is 41.2 cm³/mol. The van der Waals surface area contributed by atoms with Gasteiger partial charge < -0.3 is 16.0 Å². The molecule has 2 rings (SSSR count). The van der Waals surface area contributed by atoms with Crippen LogP contribution in [-0.4, -0.2) is 15.1 Å². The molecule has 0 aromatic carbocycles. The number of aromatic nitrogens is 3. The smallest absolute Gasteiger partial charge is 0.348 e. The maximum Gasteiger partial charge on any atom is 0.348 e. The monoisotopic (exact) mass is 167 g/mol. The number of nitrogens with zero attached hydrogens (tertiary/aromatic N) is 2. The van der Waals surface area contributed by atoms with Crippen LogP contribution in [0.3, 0.4) is 0 Å². The van der Waals surface area contributed by atoms with Crippen molar-refractivity contribution in [1.82, 2.24) is 15.1 Å². The van der Waals surface area contributed by atoms with E-state index in [9.17, 15) is 4.79 Å². The van der Waals surface area contributed by atoms with Crippen LogP contribution in [0.5, 0.6) is 0 Å². The van der Waals surface area contributed by atoms with Crippen LogP contribution in [-0.2, 0) is 0 Å². The normalized spacial score (nSPS) is 10.7. The number of fused-ring (bicyclic) bond motifs is 1. The lowest BCUT2D eigenvalue weighted by Gasteiger charge is -1.90. The van der Waals surface area contributed by atoms with E-state index in [2.05, 4.69) is 19.6 Å². The molecule has 0 saturated carbocycles. The molecular formula is C5H5N5O2. The molecule has 0 aliphatic rings. The van der Waals surface area contributed by atoms with Gasteiger partial charge in [-0.15, -0.1) is 0 Å². The Morgan fingerprint density at radius 3 is 2.92 bits per heavy atom. The molecule has 0 bridgehead atoms. The fourth-order valence-corrected chi connectivity index (χ4v) is 0.930. The number of rotatable bonds is 0. The van der Waals surface area contributed by atoms with Crippen molar-refractivity contribution < 1.29 is 4.52 Å². The van der Waals surface area contributed by atoms with Gasteiger partial charge in [0.2, 0.25) is 5.88 Å². The van der Waals surface area contributed by atoms with Crippen molar-refractivity contribution in [1.29, 1.82) is 0 Å². The summed E-state index contributed by atoms with van der Waals surface area (Å²) in [6.07, 6.45) is 0.